The summed E-state index contributed by atoms with van der Waals surface area (Å²) in [6, 6.07) is 6.58. The molecule has 1 aromatic rings. The van der Waals surface area contributed by atoms with Gasteiger partial charge in [0.1, 0.15) is 5.82 Å². The van der Waals surface area contributed by atoms with Crippen molar-refractivity contribution in [2.24, 2.45) is 0 Å². The van der Waals surface area contributed by atoms with Crippen LogP contribution in [0.4, 0.5) is 4.39 Å². The molecule has 0 aromatic heterocycles. The van der Waals surface area contributed by atoms with Gasteiger partial charge in [-0.2, -0.15) is 0 Å². The van der Waals surface area contributed by atoms with E-state index in [0.717, 1.165) is 25.9 Å². The highest BCUT2D eigenvalue weighted by atomic mass is 19.1. The molecule has 24 heavy (non-hydrogen) atoms. The van der Waals surface area contributed by atoms with Crippen molar-refractivity contribution in [3.63, 3.8) is 0 Å². The number of nitrogens with zero attached hydrogens (tertiary/aromatic N) is 2. The van der Waals surface area contributed by atoms with Gasteiger partial charge in [0.15, 0.2) is 0 Å². The van der Waals surface area contributed by atoms with Gasteiger partial charge in [-0.05, 0) is 30.9 Å². The Balaban J connectivity index is 2.55. The van der Waals surface area contributed by atoms with Crippen molar-refractivity contribution in [2.45, 2.75) is 46.5 Å². The van der Waals surface area contributed by atoms with Crippen LogP contribution >= 0.6 is 0 Å². The van der Waals surface area contributed by atoms with Gasteiger partial charge >= 0.3 is 0 Å². The smallest absolute Gasteiger partial charge is 0.224 e. The largest absolute Gasteiger partial charge is 0.343 e. The van der Waals surface area contributed by atoms with E-state index in [1.165, 1.54) is 13.0 Å². The highest BCUT2D eigenvalue weighted by Gasteiger charge is 2.16. The Kier molecular flexibility index (Phi) is 9.05. The molecular formula is C19H29FN2O2. The van der Waals surface area contributed by atoms with Gasteiger partial charge in [0.25, 0.3) is 0 Å². The van der Waals surface area contributed by atoms with Crippen LogP contribution in [-0.2, 0) is 16.0 Å². The van der Waals surface area contributed by atoms with Crippen LogP contribution in [0.2, 0.25) is 0 Å². The summed E-state index contributed by atoms with van der Waals surface area (Å²) >= 11 is 0. The standard InChI is InChI=1S/C19H29FN2O2/c1-4-12-22(13-5-2)19(24)11-15-21(16(3)23)14-10-17-8-6-7-9-18(17)20/h6-9H,4-5,10-15H2,1-3H3. The first kappa shape index (κ1) is 20.1. The molecule has 0 fully saturated rings. The molecule has 0 saturated carbocycles. The summed E-state index contributed by atoms with van der Waals surface area (Å²) in [5.41, 5.74) is 0.591. The minimum Gasteiger partial charge on any atom is -0.343 e. The van der Waals surface area contributed by atoms with E-state index in [-0.39, 0.29) is 17.6 Å². The number of halogens is 1. The van der Waals surface area contributed by atoms with Crippen molar-refractivity contribution in [1.29, 1.82) is 0 Å². The van der Waals surface area contributed by atoms with E-state index in [4.69, 9.17) is 0 Å². The Morgan fingerprint density at radius 1 is 0.958 bits per heavy atom. The van der Waals surface area contributed by atoms with Crippen LogP contribution in [0.25, 0.3) is 0 Å². The summed E-state index contributed by atoms with van der Waals surface area (Å²) in [7, 11) is 0. The summed E-state index contributed by atoms with van der Waals surface area (Å²) in [6.07, 6.45) is 2.62. The quantitative estimate of drug-likeness (QED) is 0.658. The predicted molar refractivity (Wildman–Crippen MR) is 94.1 cm³/mol. The van der Waals surface area contributed by atoms with Gasteiger partial charge in [0, 0.05) is 39.5 Å². The minimum absolute atomic E-state index is 0.0795. The Morgan fingerprint density at radius 2 is 1.58 bits per heavy atom. The van der Waals surface area contributed by atoms with Gasteiger partial charge in [-0.1, -0.05) is 32.0 Å². The molecule has 0 aliphatic carbocycles. The van der Waals surface area contributed by atoms with Crippen LogP contribution in [0.15, 0.2) is 24.3 Å². The van der Waals surface area contributed by atoms with Gasteiger partial charge < -0.3 is 9.80 Å². The van der Waals surface area contributed by atoms with Gasteiger partial charge in [-0.25, -0.2) is 4.39 Å². The molecule has 0 saturated heterocycles. The third-order valence-electron chi connectivity index (χ3n) is 3.99. The molecule has 4 nitrogen and oxygen atoms in total. The van der Waals surface area contributed by atoms with E-state index in [2.05, 4.69) is 0 Å². The summed E-state index contributed by atoms with van der Waals surface area (Å²) in [4.78, 5) is 27.6. The maximum atomic E-state index is 13.7. The molecule has 1 aromatic carbocycles. The average Bonchev–Trinajstić information content (AvgIpc) is 2.55. The molecule has 0 heterocycles. The van der Waals surface area contributed by atoms with Gasteiger partial charge in [-0.3, -0.25) is 9.59 Å². The third-order valence-corrected chi connectivity index (χ3v) is 3.99. The zero-order valence-corrected chi connectivity index (χ0v) is 15.1. The molecule has 0 unspecified atom stereocenters. The molecule has 0 aliphatic heterocycles. The first-order chi connectivity index (χ1) is 11.5. The lowest BCUT2D eigenvalue weighted by molar-refractivity contribution is -0.133. The molecule has 0 spiro atoms. The average molecular weight is 336 g/mol. The SMILES string of the molecule is CCCN(CCC)C(=O)CCN(CCc1ccccc1F)C(C)=O. The zero-order chi connectivity index (χ0) is 17.9. The van der Waals surface area contributed by atoms with Crippen molar-refractivity contribution in [3.05, 3.63) is 35.6 Å². The fourth-order valence-electron chi connectivity index (χ4n) is 2.67. The second-order valence-electron chi connectivity index (χ2n) is 5.98. The maximum absolute atomic E-state index is 13.7. The normalized spacial score (nSPS) is 10.5. The summed E-state index contributed by atoms with van der Waals surface area (Å²) in [5.74, 6) is -0.262. The Morgan fingerprint density at radius 3 is 2.12 bits per heavy atom. The first-order valence-corrected chi connectivity index (χ1v) is 8.76. The molecule has 0 aliphatic rings. The monoisotopic (exact) mass is 336 g/mol. The topological polar surface area (TPSA) is 40.6 Å². The Bertz CT molecular complexity index is 528. The van der Waals surface area contributed by atoms with E-state index < -0.39 is 0 Å². The molecule has 0 bridgehead atoms. The molecule has 134 valence electrons. The van der Waals surface area contributed by atoms with Crippen molar-refractivity contribution in [3.8, 4) is 0 Å². The number of carbonyl (C=O) groups excluding carboxylic acids is 2. The van der Waals surface area contributed by atoms with Crippen LogP contribution in [0.5, 0.6) is 0 Å². The van der Waals surface area contributed by atoms with Crippen LogP contribution in [0.1, 0.15) is 45.6 Å². The van der Waals surface area contributed by atoms with E-state index in [1.54, 1.807) is 23.1 Å². The number of rotatable bonds is 10. The number of benzene rings is 1. The second-order valence-corrected chi connectivity index (χ2v) is 5.98. The van der Waals surface area contributed by atoms with Crippen molar-refractivity contribution in [2.75, 3.05) is 26.2 Å². The molecule has 1 rings (SSSR count). The van der Waals surface area contributed by atoms with Crippen molar-refractivity contribution in [1.82, 2.24) is 9.80 Å². The van der Waals surface area contributed by atoms with Crippen LogP contribution < -0.4 is 0 Å². The number of hydrogen-bond acceptors (Lipinski definition) is 2. The van der Waals surface area contributed by atoms with Crippen LogP contribution in [0, 0.1) is 5.82 Å². The molecular weight excluding hydrogens is 307 g/mol. The fourth-order valence-corrected chi connectivity index (χ4v) is 2.67. The van der Waals surface area contributed by atoms with Crippen LogP contribution in [-0.4, -0.2) is 47.8 Å². The Labute approximate surface area is 144 Å². The lowest BCUT2D eigenvalue weighted by Gasteiger charge is -2.25. The number of hydrogen-bond donors (Lipinski definition) is 0. The fraction of sp³-hybridized carbons (Fsp3) is 0.579. The minimum atomic E-state index is -0.255. The van der Waals surface area contributed by atoms with E-state index in [9.17, 15) is 14.0 Å². The molecule has 5 heteroatoms. The van der Waals surface area contributed by atoms with Gasteiger partial charge in [0.2, 0.25) is 11.8 Å². The lowest BCUT2D eigenvalue weighted by Crippen LogP contribution is -2.38. The molecule has 0 N–H and O–H groups in total. The van der Waals surface area contributed by atoms with Crippen molar-refractivity contribution < 1.29 is 14.0 Å². The predicted octanol–water partition coefficient (Wildman–Crippen LogP) is 3.26. The summed E-state index contributed by atoms with van der Waals surface area (Å²) in [5, 5.41) is 0. The number of carbonyl (C=O) groups is 2. The second kappa shape index (κ2) is 10.8. The molecule has 0 atom stereocenters. The molecule has 0 radical (unpaired) electrons. The lowest BCUT2D eigenvalue weighted by atomic mass is 10.1. The third kappa shape index (κ3) is 6.69. The van der Waals surface area contributed by atoms with Crippen molar-refractivity contribution >= 4 is 11.8 Å². The highest BCUT2D eigenvalue weighted by molar-refractivity contribution is 5.78. The van der Waals surface area contributed by atoms with Crippen LogP contribution in [0.3, 0.4) is 0 Å². The zero-order valence-electron chi connectivity index (χ0n) is 15.1. The van der Waals surface area contributed by atoms with E-state index in [0.29, 0.717) is 31.5 Å². The van der Waals surface area contributed by atoms with E-state index >= 15 is 0 Å². The molecule has 2 amide bonds. The number of amides is 2. The Hall–Kier alpha value is -1.91. The van der Waals surface area contributed by atoms with Gasteiger partial charge in [0.05, 0.1) is 0 Å². The summed E-state index contributed by atoms with van der Waals surface area (Å²) < 4.78 is 13.7. The highest BCUT2D eigenvalue weighted by Crippen LogP contribution is 2.09. The first-order valence-electron chi connectivity index (χ1n) is 8.76. The maximum Gasteiger partial charge on any atom is 0.224 e. The summed E-state index contributed by atoms with van der Waals surface area (Å²) in [6.45, 7) is 7.89. The van der Waals surface area contributed by atoms with Gasteiger partial charge in [-0.15, -0.1) is 0 Å². The van der Waals surface area contributed by atoms with E-state index in [1.807, 2.05) is 18.7 Å².